The van der Waals surface area contributed by atoms with Gasteiger partial charge in [-0.2, -0.15) is 0 Å². The summed E-state index contributed by atoms with van der Waals surface area (Å²) in [5.74, 6) is -0.209. The summed E-state index contributed by atoms with van der Waals surface area (Å²) in [6.07, 6.45) is 40.1. The van der Waals surface area contributed by atoms with E-state index in [1.54, 1.807) is 6.08 Å². The standard InChI is InChI=1S/C54H103NO10/c1-3-5-7-9-11-13-14-18-22-26-30-34-38-42-50(59)63-43-39-35-31-27-23-20-17-15-16-19-21-25-29-33-37-41-49(58)55-46(47(57)40-36-32-28-24-12-10-8-6-4-2)45-64-54-53(62)52(61)51(60)48(44-56)65-54/h36,40,46-48,51-54,56-57,60-62H,3-35,37-39,41-45H2,1-2H3,(H,55,58)/b40-36+. The van der Waals surface area contributed by atoms with Crippen LogP contribution in [0, 0.1) is 0 Å². The zero-order valence-corrected chi connectivity index (χ0v) is 42.0. The van der Waals surface area contributed by atoms with Gasteiger partial charge in [-0.15, -0.1) is 0 Å². The van der Waals surface area contributed by atoms with Crippen LogP contribution >= 0.6 is 0 Å². The van der Waals surface area contributed by atoms with Crippen LogP contribution in [0.15, 0.2) is 12.2 Å². The number of amides is 1. The number of esters is 1. The maximum absolute atomic E-state index is 13.0. The third kappa shape index (κ3) is 35.2. The first kappa shape index (κ1) is 61.4. The third-order valence-corrected chi connectivity index (χ3v) is 13.2. The van der Waals surface area contributed by atoms with E-state index < -0.39 is 49.5 Å². The Balaban J connectivity index is 2.08. The van der Waals surface area contributed by atoms with Crippen molar-refractivity contribution in [2.24, 2.45) is 0 Å². The average Bonchev–Trinajstić information content (AvgIpc) is 3.30. The van der Waals surface area contributed by atoms with E-state index in [0.717, 1.165) is 70.6 Å². The Kier molecular flexibility index (Phi) is 42.4. The van der Waals surface area contributed by atoms with Gasteiger partial charge < -0.3 is 45.1 Å². The van der Waals surface area contributed by atoms with Crippen LogP contribution in [-0.2, 0) is 23.8 Å². The summed E-state index contributed by atoms with van der Waals surface area (Å²) in [6.45, 7) is 4.29. The van der Waals surface area contributed by atoms with Gasteiger partial charge in [-0.25, -0.2) is 0 Å². The second-order valence-electron chi connectivity index (χ2n) is 19.3. The molecule has 7 atom stereocenters. The van der Waals surface area contributed by atoms with E-state index in [2.05, 4.69) is 19.2 Å². The van der Waals surface area contributed by atoms with Crippen LogP contribution in [-0.4, -0.2) is 100 Å². The fourth-order valence-electron chi connectivity index (χ4n) is 8.73. The van der Waals surface area contributed by atoms with Crippen LogP contribution in [0.3, 0.4) is 0 Å². The van der Waals surface area contributed by atoms with Gasteiger partial charge in [0.15, 0.2) is 6.29 Å². The lowest BCUT2D eigenvalue weighted by Gasteiger charge is -2.40. The first-order chi connectivity index (χ1) is 31.7. The molecular formula is C54H103NO10. The number of rotatable bonds is 47. The van der Waals surface area contributed by atoms with Crippen molar-refractivity contribution in [3.8, 4) is 0 Å². The molecular weight excluding hydrogens is 823 g/mol. The van der Waals surface area contributed by atoms with Gasteiger partial charge in [0.05, 0.1) is 32.0 Å². The molecule has 0 radical (unpaired) electrons. The van der Waals surface area contributed by atoms with Crippen molar-refractivity contribution in [2.75, 3.05) is 19.8 Å². The van der Waals surface area contributed by atoms with Crippen molar-refractivity contribution in [3.63, 3.8) is 0 Å². The van der Waals surface area contributed by atoms with Gasteiger partial charge in [-0.05, 0) is 32.1 Å². The Morgan fingerprint density at radius 3 is 1.43 bits per heavy atom. The normalized spacial score (nSPS) is 19.8. The number of allylic oxidation sites excluding steroid dienone is 1. The summed E-state index contributed by atoms with van der Waals surface area (Å²) >= 11 is 0. The molecule has 6 N–H and O–H groups in total. The molecule has 0 saturated carbocycles. The van der Waals surface area contributed by atoms with E-state index in [4.69, 9.17) is 14.2 Å². The third-order valence-electron chi connectivity index (χ3n) is 13.2. The lowest BCUT2D eigenvalue weighted by Crippen LogP contribution is -2.60. The van der Waals surface area contributed by atoms with Gasteiger partial charge in [0.25, 0.3) is 0 Å². The highest BCUT2D eigenvalue weighted by atomic mass is 16.7. The molecule has 0 aromatic heterocycles. The van der Waals surface area contributed by atoms with E-state index >= 15 is 0 Å². The van der Waals surface area contributed by atoms with Crippen molar-refractivity contribution >= 4 is 11.9 Å². The summed E-state index contributed by atoms with van der Waals surface area (Å²) < 4.78 is 16.7. The predicted octanol–water partition coefficient (Wildman–Crippen LogP) is 11.6. The lowest BCUT2D eigenvalue weighted by atomic mass is 9.99. The van der Waals surface area contributed by atoms with Gasteiger partial charge in [0.2, 0.25) is 5.91 Å². The molecule has 1 aliphatic rings. The maximum Gasteiger partial charge on any atom is 0.305 e. The minimum atomic E-state index is -1.57. The van der Waals surface area contributed by atoms with Gasteiger partial charge >= 0.3 is 5.97 Å². The maximum atomic E-state index is 13.0. The molecule has 1 rings (SSSR count). The topological polar surface area (TPSA) is 175 Å². The summed E-state index contributed by atoms with van der Waals surface area (Å²) in [6, 6.07) is -0.813. The molecule has 11 heteroatoms. The lowest BCUT2D eigenvalue weighted by molar-refractivity contribution is -0.302. The Morgan fingerprint density at radius 2 is 0.969 bits per heavy atom. The summed E-state index contributed by atoms with van der Waals surface area (Å²) in [7, 11) is 0. The number of carbonyl (C=O) groups excluding carboxylic acids is 2. The number of nitrogens with one attached hydrogen (secondary N) is 1. The average molecular weight is 926 g/mol. The molecule has 0 bridgehead atoms. The van der Waals surface area contributed by atoms with Crippen molar-refractivity contribution in [2.45, 2.75) is 301 Å². The molecule has 384 valence electrons. The fraction of sp³-hybridized carbons (Fsp3) is 0.926. The molecule has 7 unspecified atom stereocenters. The molecule has 1 heterocycles. The van der Waals surface area contributed by atoms with Crippen LogP contribution in [0.2, 0.25) is 0 Å². The van der Waals surface area contributed by atoms with Crippen LogP contribution in [0.5, 0.6) is 0 Å². The van der Waals surface area contributed by atoms with Crippen molar-refractivity contribution in [3.05, 3.63) is 12.2 Å². The number of carbonyl (C=O) groups is 2. The van der Waals surface area contributed by atoms with E-state index in [0.29, 0.717) is 19.4 Å². The number of aliphatic hydroxyl groups excluding tert-OH is 5. The number of hydrogen-bond donors (Lipinski definition) is 6. The number of ether oxygens (including phenoxy) is 3. The summed E-state index contributed by atoms with van der Waals surface area (Å²) in [4.78, 5) is 25.0. The molecule has 1 amide bonds. The van der Waals surface area contributed by atoms with Crippen LogP contribution in [0.1, 0.15) is 258 Å². The van der Waals surface area contributed by atoms with E-state index in [1.807, 2.05) is 6.08 Å². The quantitative estimate of drug-likeness (QED) is 0.0196. The Labute approximate surface area is 398 Å². The smallest absolute Gasteiger partial charge is 0.305 e. The monoisotopic (exact) mass is 926 g/mol. The largest absolute Gasteiger partial charge is 0.466 e. The van der Waals surface area contributed by atoms with Crippen molar-refractivity contribution in [1.29, 1.82) is 0 Å². The molecule has 0 aromatic rings. The molecule has 1 aliphatic heterocycles. The SMILES string of the molecule is CCCCCCCCC/C=C/C(O)C(COC1OC(CO)C(O)C(O)C1O)NC(=O)CCCCCCCCCCCCCCCCCOC(=O)CCCCCCCCCCCCCCC. The zero-order chi connectivity index (χ0) is 47.4. The second-order valence-corrected chi connectivity index (χ2v) is 19.3. The second kappa shape index (κ2) is 44.9. The highest BCUT2D eigenvalue weighted by molar-refractivity contribution is 5.76. The van der Waals surface area contributed by atoms with E-state index in [9.17, 15) is 35.1 Å². The molecule has 11 nitrogen and oxygen atoms in total. The van der Waals surface area contributed by atoms with Crippen LogP contribution in [0.25, 0.3) is 0 Å². The molecule has 0 aromatic carbocycles. The van der Waals surface area contributed by atoms with Crippen molar-refractivity contribution in [1.82, 2.24) is 5.32 Å². The molecule has 0 spiro atoms. The number of hydrogen-bond acceptors (Lipinski definition) is 10. The van der Waals surface area contributed by atoms with E-state index in [-0.39, 0.29) is 18.5 Å². The number of unbranched alkanes of at least 4 members (excludes halogenated alkanes) is 33. The Morgan fingerprint density at radius 1 is 0.554 bits per heavy atom. The Hall–Kier alpha value is -1.60. The molecule has 65 heavy (non-hydrogen) atoms. The fourth-order valence-corrected chi connectivity index (χ4v) is 8.73. The highest BCUT2D eigenvalue weighted by Gasteiger charge is 2.44. The predicted molar refractivity (Wildman–Crippen MR) is 265 cm³/mol. The zero-order valence-electron chi connectivity index (χ0n) is 42.0. The summed E-state index contributed by atoms with van der Waals surface area (Å²) in [5.41, 5.74) is 0. The van der Waals surface area contributed by atoms with Gasteiger partial charge in [0.1, 0.15) is 24.4 Å². The first-order valence-corrected chi connectivity index (χ1v) is 27.5. The van der Waals surface area contributed by atoms with Gasteiger partial charge in [-0.1, -0.05) is 225 Å². The van der Waals surface area contributed by atoms with E-state index in [1.165, 1.54) is 161 Å². The van der Waals surface area contributed by atoms with Crippen molar-refractivity contribution < 1.29 is 49.3 Å². The highest BCUT2D eigenvalue weighted by Crippen LogP contribution is 2.23. The van der Waals surface area contributed by atoms with Gasteiger partial charge in [-0.3, -0.25) is 9.59 Å². The summed E-state index contributed by atoms with van der Waals surface area (Å²) in [5, 5.41) is 54.1. The van der Waals surface area contributed by atoms with Gasteiger partial charge in [0, 0.05) is 12.8 Å². The Bertz CT molecular complexity index is 1090. The first-order valence-electron chi connectivity index (χ1n) is 27.5. The minimum Gasteiger partial charge on any atom is -0.466 e. The van der Waals surface area contributed by atoms with Crippen LogP contribution < -0.4 is 5.32 Å². The number of aliphatic hydroxyl groups is 5. The minimum absolute atomic E-state index is 0.0171. The molecule has 1 fully saturated rings. The molecule has 0 aliphatic carbocycles. The molecule has 1 saturated heterocycles. The van der Waals surface area contributed by atoms with Crippen LogP contribution in [0.4, 0.5) is 0 Å².